The van der Waals surface area contributed by atoms with Crippen molar-refractivity contribution in [1.29, 1.82) is 0 Å². The van der Waals surface area contributed by atoms with Gasteiger partial charge >= 0.3 is 12.3 Å². The summed E-state index contributed by atoms with van der Waals surface area (Å²) in [6.07, 6.45) is -2.97. The number of nitrogens with one attached hydrogen (secondary N) is 1. The molecule has 0 aliphatic carbocycles. The molecule has 1 aliphatic rings. The Hall–Kier alpha value is -4.38. The van der Waals surface area contributed by atoms with Gasteiger partial charge in [0.1, 0.15) is 30.1 Å². The largest absolute Gasteiger partial charge is 0.513 e. The van der Waals surface area contributed by atoms with Crippen LogP contribution in [-0.2, 0) is 23.7 Å². The van der Waals surface area contributed by atoms with Crippen LogP contribution in [0.2, 0.25) is 0 Å². The molecule has 3 rings (SSSR count). The molecule has 1 N–H and O–H groups in total. The Morgan fingerprint density at radius 2 is 1.61 bits per heavy atom. The molecule has 0 bridgehead atoms. The third-order valence-corrected chi connectivity index (χ3v) is 5.58. The van der Waals surface area contributed by atoms with Gasteiger partial charge in [0.25, 0.3) is 5.69 Å². The molecule has 0 aromatic heterocycles. The summed E-state index contributed by atoms with van der Waals surface area (Å²) in [6.45, 7) is 6.51. The van der Waals surface area contributed by atoms with Gasteiger partial charge in [-0.25, -0.2) is 9.59 Å². The molecule has 38 heavy (non-hydrogen) atoms. The Kier molecular flexibility index (Phi) is 9.44. The average Bonchev–Trinajstić information content (AvgIpc) is 2.87. The van der Waals surface area contributed by atoms with Crippen LogP contribution in [0, 0.1) is 10.1 Å². The van der Waals surface area contributed by atoms with Crippen molar-refractivity contribution in [1.82, 2.24) is 5.32 Å². The molecular weight excluding hydrogens is 496 g/mol. The first-order valence-electron chi connectivity index (χ1n) is 11.8. The summed E-state index contributed by atoms with van der Waals surface area (Å²) in [5.74, 6) is -0.888. The highest BCUT2D eigenvalue weighted by atomic mass is 16.7. The highest BCUT2D eigenvalue weighted by Gasteiger charge is 2.36. The summed E-state index contributed by atoms with van der Waals surface area (Å²) in [4.78, 5) is 36.1. The molecule has 2 aromatic carbocycles. The van der Waals surface area contributed by atoms with Crippen molar-refractivity contribution in [3.63, 3.8) is 0 Å². The van der Waals surface area contributed by atoms with Crippen LogP contribution in [0.5, 0.6) is 0 Å². The van der Waals surface area contributed by atoms with Crippen LogP contribution >= 0.6 is 0 Å². The molecule has 0 radical (unpaired) electrons. The number of carbonyl (C=O) groups is 2. The molecular formula is C27H30N2O9. The van der Waals surface area contributed by atoms with Crippen LogP contribution in [-0.4, -0.2) is 37.1 Å². The van der Waals surface area contributed by atoms with Crippen LogP contribution < -0.4 is 5.32 Å². The zero-order valence-corrected chi connectivity index (χ0v) is 21.8. The van der Waals surface area contributed by atoms with Gasteiger partial charge in [0.05, 0.1) is 22.4 Å². The Morgan fingerprint density at radius 1 is 0.974 bits per heavy atom. The SMILES string of the molecule is CO[C@H](COC(=O)OC1=C(C)NC(C)=C(OC(=O)OC(C)C)C1c1cccc([N+](=O)[O-])c1)c1ccccc1. The number of ether oxygens (including phenoxy) is 5. The van der Waals surface area contributed by atoms with Gasteiger partial charge in [0.2, 0.25) is 0 Å². The normalized spacial score (nSPS) is 16.0. The minimum Gasteiger partial charge on any atom is -0.431 e. The van der Waals surface area contributed by atoms with Gasteiger partial charge < -0.3 is 29.0 Å². The van der Waals surface area contributed by atoms with Crippen LogP contribution in [0.25, 0.3) is 0 Å². The Labute approximate surface area is 220 Å². The topological polar surface area (TPSA) is 135 Å². The van der Waals surface area contributed by atoms with Gasteiger partial charge in [-0.15, -0.1) is 0 Å². The molecule has 11 nitrogen and oxygen atoms in total. The van der Waals surface area contributed by atoms with E-state index >= 15 is 0 Å². The zero-order valence-electron chi connectivity index (χ0n) is 21.8. The highest BCUT2D eigenvalue weighted by molar-refractivity contribution is 5.65. The van der Waals surface area contributed by atoms with Crippen molar-refractivity contribution >= 4 is 18.0 Å². The molecule has 0 amide bonds. The molecule has 0 spiro atoms. The fourth-order valence-electron chi connectivity index (χ4n) is 3.89. The number of dihydropyridines is 1. The van der Waals surface area contributed by atoms with Crippen LogP contribution in [0.15, 0.2) is 77.5 Å². The van der Waals surface area contributed by atoms with Crippen molar-refractivity contribution < 1.29 is 38.2 Å². The number of nitro benzene ring substituents is 1. The second kappa shape index (κ2) is 12.7. The predicted octanol–water partition coefficient (Wildman–Crippen LogP) is 5.85. The second-order valence-corrected chi connectivity index (χ2v) is 8.71. The van der Waals surface area contributed by atoms with Crippen molar-refractivity contribution in [2.75, 3.05) is 13.7 Å². The van der Waals surface area contributed by atoms with E-state index < -0.39 is 35.4 Å². The van der Waals surface area contributed by atoms with E-state index in [2.05, 4.69) is 5.32 Å². The maximum absolute atomic E-state index is 12.8. The van der Waals surface area contributed by atoms with E-state index in [4.69, 9.17) is 23.7 Å². The first kappa shape index (κ1) is 28.2. The van der Waals surface area contributed by atoms with Crippen LogP contribution in [0.3, 0.4) is 0 Å². The summed E-state index contributed by atoms with van der Waals surface area (Å²) >= 11 is 0. The lowest BCUT2D eigenvalue weighted by molar-refractivity contribution is -0.384. The summed E-state index contributed by atoms with van der Waals surface area (Å²) in [7, 11) is 1.50. The molecule has 1 aliphatic heterocycles. The third-order valence-electron chi connectivity index (χ3n) is 5.58. The molecule has 2 aromatic rings. The summed E-state index contributed by atoms with van der Waals surface area (Å²) in [5.41, 5.74) is 1.84. The second-order valence-electron chi connectivity index (χ2n) is 8.71. The van der Waals surface area contributed by atoms with Gasteiger partial charge in [-0.1, -0.05) is 42.5 Å². The molecule has 0 saturated heterocycles. The van der Waals surface area contributed by atoms with Gasteiger partial charge in [-0.05, 0) is 38.8 Å². The van der Waals surface area contributed by atoms with E-state index in [1.807, 2.05) is 30.3 Å². The number of non-ortho nitro benzene ring substituents is 1. The summed E-state index contributed by atoms with van der Waals surface area (Å²) in [5, 5.41) is 14.5. The van der Waals surface area contributed by atoms with E-state index in [-0.39, 0.29) is 23.8 Å². The van der Waals surface area contributed by atoms with E-state index in [0.29, 0.717) is 17.0 Å². The molecule has 202 valence electrons. The Balaban J connectivity index is 1.90. The average molecular weight is 527 g/mol. The lowest BCUT2D eigenvalue weighted by Gasteiger charge is -2.30. The van der Waals surface area contributed by atoms with Crippen molar-refractivity contribution in [2.24, 2.45) is 0 Å². The molecule has 11 heteroatoms. The number of nitro groups is 1. The van der Waals surface area contributed by atoms with Gasteiger partial charge in [-0.2, -0.15) is 0 Å². The molecule has 0 fully saturated rings. The number of hydrogen-bond donors (Lipinski definition) is 1. The predicted molar refractivity (Wildman–Crippen MR) is 136 cm³/mol. The number of rotatable bonds is 9. The molecule has 1 heterocycles. The molecule has 2 atom stereocenters. The number of hydrogen-bond acceptors (Lipinski definition) is 10. The minimum atomic E-state index is -1.03. The lowest BCUT2D eigenvalue weighted by Crippen LogP contribution is -2.30. The quantitative estimate of drug-likeness (QED) is 0.241. The van der Waals surface area contributed by atoms with E-state index in [0.717, 1.165) is 5.56 Å². The zero-order chi connectivity index (χ0) is 27.8. The Morgan fingerprint density at radius 3 is 2.18 bits per heavy atom. The van der Waals surface area contributed by atoms with Crippen LogP contribution in [0.1, 0.15) is 50.8 Å². The first-order chi connectivity index (χ1) is 18.1. The van der Waals surface area contributed by atoms with Gasteiger partial charge in [0.15, 0.2) is 0 Å². The smallest absolute Gasteiger partial charge is 0.431 e. The fourth-order valence-corrected chi connectivity index (χ4v) is 3.89. The maximum atomic E-state index is 12.8. The first-order valence-corrected chi connectivity index (χ1v) is 11.8. The van der Waals surface area contributed by atoms with E-state index in [1.165, 1.54) is 25.3 Å². The van der Waals surface area contributed by atoms with Gasteiger partial charge in [0, 0.05) is 19.2 Å². The van der Waals surface area contributed by atoms with E-state index in [1.54, 1.807) is 33.8 Å². The number of allylic oxidation sites excluding steroid dienone is 2. The highest BCUT2D eigenvalue weighted by Crippen LogP contribution is 2.40. The molecule has 1 unspecified atom stereocenters. The number of benzene rings is 2. The van der Waals surface area contributed by atoms with E-state index in [9.17, 15) is 19.7 Å². The molecule has 0 saturated carbocycles. The number of carbonyl (C=O) groups excluding carboxylic acids is 2. The third kappa shape index (κ3) is 7.10. The van der Waals surface area contributed by atoms with Crippen LogP contribution in [0.4, 0.5) is 15.3 Å². The number of nitrogens with zero attached hydrogens (tertiary/aromatic N) is 1. The monoisotopic (exact) mass is 526 g/mol. The maximum Gasteiger partial charge on any atom is 0.513 e. The standard InChI is InChI=1S/C27H30N2O9/c1-16(2)36-27(31)38-25-18(4)28-17(3)24(23(25)20-12-9-13-21(14-20)29(32)33)37-26(30)35-15-22(34-5)19-10-7-6-8-11-19/h6-14,16,22-23,28H,15H2,1-5H3/t22-,23?/m1/s1. The summed E-state index contributed by atoms with van der Waals surface area (Å²) in [6, 6.07) is 15.0. The fraction of sp³-hybridized carbons (Fsp3) is 0.333. The van der Waals surface area contributed by atoms with Crippen molar-refractivity contribution in [3.8, 4) is 0 Å². The number of methoxy groups -OCH3 is 1. The van der Waals surface area contributed by atoms with Gasteiger partial charge in [-0.3, -0.25) is 10.1 Å². The van der Waals surface area contributed by atoms with Crippen molar-refractivity contribution in [3.05, 3.63) is 98.8 Å². The minimum absolute atomic E-state index is 0.0436. The summed E-state index contributed by atoms with van der Waals surface area (Å²) < 4.78 is 27.0. The lowest BCUT2D eigenvalue weighted by atomic mass is 9.90. The van der Waals surface area contributed by atoms with Crippen molar-refractivity contribution in [2.45, 2.75) is 45.8 Å². The Bertz CT molecular complexity index is 1240.